The molecule has 2 heterocycles. The van der Waals surface area contributed by atoms with Crippen LogP contribution in [0.1, 0.15) is 16.7 Å². The molecule has 0 radical (unpaired) electrons. The van der Waals surface area contributed by atoms with Gasteiger partial charge >= 0.3 is 0 Å². The van der Waals surface area contributed by atoms with Gasteiger partial charge in [0, 0.05) is 17.1 Å². The number of aromatic nitrogens is 3. The predicted molar refractivity (Wildman–Crippen MR) is 102 cm³/mol. The zero-order chi connectivity index (χ0) is 17.4. The number of nitrogens with zero attached hydrogens (tertiary/aromatic N) is 3. The van der Waals surface area contributed by atoms with Crippen molar-refractivity contribution in [1.82, 2.24) is 15.0 Å². The zero-order valence-corrected chi connectivity index (χ0v) is 14.6. The van der Waals surface area contributed by atoms with Crippen LogP contribution in [0.4, 0.5) is 0 Å². The van der Waals surface area contributed by atoms with Crippen molar-refractivity contribution in [3.05, 3.63) is 77.5 Å². The highest BCUT2D eigenvalue weighted by molar-refractivity contribution is 5.79. The second-order valence-electron chi connectivity index (χ2n) is 6.38. The van der Waals surface area contributed by atoms with Gasteiger partial charge in [0.25, 0.3) is 0 Å². The Kier molecular flexibility index (Phi) is 3.77. The summed E-state index contributed by atoms with van der Waals surface area (Å²) in [5.41, 5.74) is 7.55. The van der Waals surface area contributed by atoms with E-state index in [1.165, 1.54) is 16.7 Å². The van der Waals surface area contributed by atoms with Gasteiger partial charge in [0.2, 0.25) is 0 Å². The fourth-order valence-corrected chi connectivity index (χ4v) is 3.19. The molecule has 2 aromatic carbocycles. The molecular weight excluding hydrogens is 306 g/mol. The molecule has 0 unspecified atom stereocenters. The standard InChI is InChI=1S/C22H19N3/c1-14-7-6-8-15(2)20(14)21-16(3)11-12-19(24-21)22-23-13-17-9-4-5-10-18(17)25-22/h4-13H,1-3H3. The topological polar surface area (TPSA) is 38.7 Å². The maximum atomic E-state index is 4.92. The molecule has 122 valence electrons. The van der Waals surface area contributed by atoms with E-state index in [0.717, 1.165) is 27.9 Å². The quantitative estimate of drug-likeness (QED) is 0.503. The number of aryl methyl sites for hydroxylation is 3. The maximum Gasteiger partial charge on any atom is 0.178 e. The van der Waals surface area contributed by atoms with Gasteiger partial charge in [-0.1, -0.05) is 42.5 Å². The first kappa shape index (κ1) is 15.5. The number of para-hydroxylation sites is 1. The highest BCUT2D eigenvalue weighted by Crippen LogP contribution is 2.30. The number of fused-ring (bicyclic) bond motifs is 1. The highest BCUT2D eigenvalue weighted by atomic mass is 14.9. The van der Waals surface area contributed by atoms with Gasteiger partial charge in [-0.3, -0.25) is 0 Å². The Labute approximate surface area is 147 Å². The molecule has 0 spiro atoms. The van der Waals surface area contributed by atoms with Gasteiger partial charge in [0.15, 0.2) is 5.82 Å². The molecule has 2 aromatic heterocycles. The number of pyridine rings is 1. The summed E-state index contributed by atoms with van der Waals surface area (Å²) in [5.74, 6) is 0.659. The highest BCUT2D eigenvalue weighted by Gasteiger charge is 2.13. The van der Waals surface area contributed by atoms with Gasteiger partial charge in [-0.2, -0.15) is 0 Å². The van der Waals surface area contributed by atoms with Crippen molar-refractivity contribution in [3.63, 3.8) is 0 Å². The average Bonchev–Trinajstić information content (AvgIpc) is 2.62. The predicted octanol–water partition coefficient (Wildman–Crippen LogP) is 5.28. The average molecular weight is 325 g/mol. The van der Waals surface area contributed by atoms with Gasteiger partial charge in [-0.15, -0.1) is 0 Å². The second kappa shape index (κ2) is 6.10. The normalized spacial score (nSPS) is 11.0. The minimum Gasteiger partial charge on any atom is -0.244 e. The van der Waals surface area contributed by atoms with Crippen LogP contribution in [0.25, 0.3) is 33.7 Å². The van der Waals surface area contributed by atoms with E-state index in [2.05, 4.69) is 55.0 Å². The summed E-state index contributed by atoms with van der Waals surface area (Å²) in [4.78, 5) is 14.1. The lowest BCUT2D eigenvalue weighted by Gasteiger charge is -2.13. The molecule has 0 bridgehead atoms. The van der Waals surface area contributed by atoms with Crippen LogP contribution in [0.15, 0.2) is 60.8 Å². The molecule has 0 N–H and O–H groups in total. The van der Waals surface area contributed by atoms with E-state index in [4.69, 9.17) is 4.98 Å². The minimum absolute atomic E-state index is 0.659. The Morgan fingerprint density at radius 3 is 2.24 bits per heavy atom. The first-order valence-corrected chi connectivity index (χ1v) is 8.40. The molecule has 0 atom stereocenters. The Morgan fingerprint density at radius 1 is 0.680 bits per heavy atom. The molecule has 0 saturated carbocycles. The number of hydrogen-bond donors (Lipinski definition) is 0. The van der Waals surface area contributed by atoms with Crippen LogP contribution in [-0.2, 0) is 0 Å². The largest absolute Gasteiger partial charge is 0.244 e. The SMILES string of the molecule is Cc1ccc(-c2ncc3ccccc3n2)nc1-c1c(C)cccc1C. The van der Waals surface area contributed by atoms with Gasteiger partial charge in [0.05, 0.1) is 11.2 Å². The van der Waals surface area contributed by atoms with Crippen LogP contribution in [0.2, 0.25) is 0 Å². The molecule has 0 saturated heterocycles. The summed E-state index contributed by atoms with van der Waals surface area (Å²) in [6.45, 7) is 6.35. The van der Waals surface area contributed by atoms with Gasteiger partial charge in [-0.05, 0) is 49.6 Å². The number of rotatable bonds is 2. The van der Waals surface area contributed by atoms with E-state index in [-0.39, 0.29) is 0 Å². The van der Waals surface area contributed by atoms with Crippen molar-refractivity contribution in [2.75, 3.05) is 0 Å². The van der Waals surface area contributed by atoms with Gasteiger partial charge in [0.1, 0.15) is 5.69 Å². The molecule has 0 fully saturated rings. The Hall–Kier alpha value is -3.07. The molecule has 25 heavy (non-hydrogen) atoms. The Morgan fingerprint density at radius 2 is 1.44 bits per heavy atom. The third-order valence-electron chi connectivity index (χ3n) is 4.53. The monoisotopic (exact) mass is 325 g/mol. The van der Waals surface area contributed by atoms with E-state index in [9.17, 15) is 0 Å². The van der Waals surface area contributed by atoms with E-state index in [1.54, 1.807) is 0 Å². The number of hydrogen-bond acceptors (Lipinski definition) is 3. The molecule has 4 aromatic rings. The lowest BCUT2D eigenvalue weighted by Crippen LogP contribution is -1.98. The van der Waals surface area contributed by atoms with Gasteiger partial charge < -0.3 is 0 Å². The van der Waals surface area contributed by atoms with Crippen molar-refractivity contribution in [2.24, 2.45) is 0 Å². The maximum absolute atomic E-state index is 4.92. The molecule has 3 heteroatoms. The van der Waals surface area contributed by atoms with Crippen LogP contribution >= 0.6 is 0 Å². The summed E-state index contributed by atoms with van der Waals surface area (Å²) in [6.07, 6.45) is 1.86. The fraction of sp³-hybridized carbons (Fsp3) is 0.136. The molecule has 0 aliphatic heterocycles. The van der Waals surface area contributed by atoms with E-state index in [1.807, 2.05) is 36.5 Å². The van der Waals surface area contributed by atoms with Crippen LogP contribution in [0.3, 0.4) is 0 Å². The smallest absolute Gasteiger partial charge is 0.178 e. The molecule has 0 amide bonds. The summed E-state index contributed by atoms with van der Waals surface area (Å²) >= 11 is 0. The van der Waals surface area contributed by atoms with E-state index in [0.29, 0.717) is 5.82 Å². The van der Waals surface area contributed by atoms with Crippen LogP contribution in [0, 0.1) is 20.8 Å². The summed E-state index contributed by atoms with van der Waals surface area (Å²) in [5, 5.41) is 1.04. The fourth-order valence-electron chi connectivity index (χ4n) is 3.19. The molecular formula is C22H19N3. The van der Waals surface area contributed by atoms with Crippen molar-refractivity contribution < 1.29 is 0 Å². The van der Waals surface area contributed by atoms with Crippen LogP contribution < -0.4 is 0 Å². The minimum atomic E-state index is 0.659. The second-order valence-corrected chi connectivity index (χ2v) is 6.38. The Balaban J connectivity index is 1.89. The van der Waals surface area contributed by atoms with Gasteiger partial charge in [-0.25, -0.2) is 15.0 Å². The zero-order valence-electron chi connectivity index (χ0n) is 14.6. The summed E-state index contributed by atoms with van der Waals surface area (Å²) in [6, 6.07) is 18.4. The van der Waals surface area contributed by atoms with E-state index >= 15 is 0 Å². The van der Waals surface area contributed by atoms with E-state index < -0.39 is 0 Å². The third-order valence-corrected chi connectivity index (χ3v) is 4.53. The molecule has 3 nitrogen and oxygen atoms in total. The number of benzene rings is 2. The van der Waals surface area contributed by atoms with Crippen LogP contribution in [-0.4, -0.2) is 15.0 Å². The van der Waals surface area contributed by atoms with Crippen molar-refractivity contribution >= 4 is 10.9 Å². The van der Waals surface area contributed by atoms with Crippen molar-refractivity contribution in [3.8, 4) is 22.8 Å². The summed E-state index contributed by atoms with van der Waals surface area (Å²) < 4.78 is 0. The Bertz CT molecular complexity index is 1060. The lowest BCUT2D eigenvalue weighted by molar-refractivity contribution is 1.16. The third kappa shape index (κ3) is 2.78. The molecule has 0 aliphatic carbocycles. The first-order valence-electron chi connectivity index (χ1n) is 8.40. The van der Waals surface area contributed by atoms with Crippen molar-refractivity contribution in [2.45, 2.75) is 20.8 Å². The first-order chi connectivity index (χ1) is 12.1. The summed E-state index contributed by atoms with van der Waals surface area (Å²) in [7, 11) is 0. The van der Waals surface area contributed by atoms with Crippen LogP contribution in [0.5, 0.6) is 0 Å². The molecule has 4 rings (SSSR count). The van der Waals surface area contributed by atoms with Crippen molar-refractivity contribution in [1.29, 1.82) is 0 Å². The lowest BCUT2D eigenvalue weighted by atomic mass is 9.97. The molecule has 0 aliphatic rings.